The van der Waals surface area contributed by atoms with Gasteiger partial charge < -0.3 is 0 Å². The van der Waals surface area contributed by atoms with Crippen LogP contribution in [0.5, 0.6) is 0 Å². The van der Waals surface area contributed by atoms with Gasteiger partial charge in [0.2, 0.25) is 0 Å². The van der Waals surface area contributed by atoms with Gasteiger partial charge in [-0.3, -0.25) is 4.79 Å². The molecule has 0 saturated heterocycles. The van der Waals surface area contributed by atoms with Crippen LogP contribution in [-0.4, -0.2) is 16.0 Å². The molecule has 3 rings (SSSR count). The molecule has 1 aromatic heterocycles. The van der Waals surface area contributed by atoms with E-state index in [0.717, 1.165) is 16.6 Å². The monoisotopic (exact) mass is 321 g/mol. The summed E-state index contributed by atoms with van der Waals surface area (Å²) in [6, 6.07) is 17.7. The molecule has 0 N–H and O–H groups in total. The van der Waals surface area contributed by atoms with Gasteiger partial charge in [-0.25, -0.2) is 4.68 Å². The lowest BCUT2D eigenvalue weighted by Gasteiger charge is -2.09. The third-order valence-corrected chi connectivity index (χ3v) is 4.44. The highest BCUT2D eigenvalue weighted by Crippen LogP contribution is 2.19. The predicted octanol–water partition coefficient (Wildman–Crippen LogP) is 3.23. The zero-order chi connectivity index (χ0) is 16.2. The van der Waals surface area contributed by atoms with Crippen molar-refractivity contribution in [2.24, 2.45) is 0 Å². The van der Waals surface area contributed by atoms with Gasteiger partial charge in [0, 0.05) is 16.7 Å². The average Bonchev–Trinajstić information content (AvgIpc) is 2.60. The first-order chi connectivity index (χ1) is 11.2. The molecule has 0 spiro atoms. The molecule has 0 fully saturated rings. The van der Waals surface area contributed by atoms with Crippen molar-refractivity contribution in [1.82, 2.24) is 9.78 Å². The zero-order valence-corrected chi connectivity index (χ0v) is 13.5. The molecular weight excluding hydrogens is 306 g/mol. The van der Waals surface area contributed by atoms with Gasteiger partial charge in [-0.05, 0) is 30.0 Å². The molecule has 5 heteroatoms. The SMILES string of the molecule is CSc1ccc(Cc2nn(CC#N)c(=O)c3ccccc23)cc1. The topological polar surface area (TPSA) is 58.7 Å². The predicted molar refractivity (Wildman–Crippen MR) is 92.6 cm³/mol. The second-order valence-corrected chi connectivity index (χ2v) is 6.02. The van der Waals surface area contributed by atoms with E-state index in [1.807, 2.05) is 30.5 Å². The summed E-state index contributed by atoms with van der Waals surface area (Å²) in [5, 5.41) is 14.8. The van der Waals surface area contributed by atoms with Crippen molar-refractivity contribution < 1.29 is 0 Å². The number of rotatable bonds is 4. The lowest BCUT2D eigenvalue weighted by Crippen LogP contribution is -2.24. The molecule has 0 saturated carbocycles. The summed E-state index contributed by atoms with van der Waals surface area (Å²) in [5.74, 6) is 0. The number of fused-ring (bicyclic) bond motifs is 1. The van der Waals surface area contributed by atoms with E-state index in [4.69, 9.17) is 5.26 Å². The maximum absolute atomic E-state index is 12.4. The van der Waals surface area contributed by atoms with Crippen molar-refractivity contribution in [2.75, 3.05) is 6.26 Å². The summed E-state index contributed by atoms with van der Waals surface area (Å²) >= 11 is 1.70. The van der Waals surface area contributed by atoms with Gasteiger partial charge in [-0.15, -0.1) is 11.8 Å². The third-order valence-electron chi connectivity index (χ3n) is 3.70. The van der Waals surface area contributed by atoms with Crippen LogP contribution in [0.1, 0.15) is 11.3 Å². The van der Waals surface area contributed by atoms with Crippen molar-refractivity contribution in [2.45, 2.75) is 17.9 Å². The Bertz CT molecular complexity index is 939. The van der Waals surface area contributed by atoms with Crippen LogP contribution < -0.4 is 5.56 Å². The van der Waals surface area contributed by atoms with Crippen molar-refractivity contribution in [1.29, 1.82) is 5.26 Å². The molecule has 0 amide bonds. The molecule has 0 aliphatic rings. The van der Waals surface area contributed by atoms with E-state index in [1.165, 1.54) is 9.58 Å². The molecular formula is C18H15N3OS. The standard InChI is InChI=1S/C18H15N3OS/c1-23-14-8-6-13(7-9-14)12-17-15-4-2-3-5-16(15)18(22)21(20-17)11-10-19/h2-9H,11-12H2,1H3. The molecule has 0 aliphatic heterocycles. The number of thioether (sulfide) groups is 1. The van der Waals surface area contributed by atoms with E-state index < -0.39 is 0 Å². The van der Waals surface area contributed by atoms with Gasteiger partial charge in [-0.2, -0.15) is 10.4 Å². The Morgan fingerprint density at radius 2 is 1.83 bits per heavy atom. The molecule has 114 valence electrons. The zero-order valence-electron chi connectivity index (χ0n) is 12.7. The molecule has 0 radical (unpaired) electrons. The number of benzene rings is 2. The van der Waals surface area contributed by atoms with Crippen LogP contribution in [0.4, 0.5) is 0 Å². The van der Waals surface area contributed by atoms with Crippen LogP contribution in [0.3, 0.4) is 0 Å². The lowest BCUT2D eigenvalue weighted by atomic mass is 10.0. The smallest absolute Gasteiger partial charge is 0.267 e. The lowest BCUT2D eigenvalue weighted by molar-refractivity contribution is 0.651. The normalized spacial score (nSPS) is 10.6. The van der Waals surface area contributed by atoms with Gasteiger partial charge in [-0.1, -0.05) is 30.3 Å². The largest absolute Gasteiger partial charge is 0.275 e. The Labute approximate surface area is 138 Å². The minimum Gasteiger partial charge on any atom is -0.267 e. The van der Waals surface area contributed by atoms with Crippen LogP contribution >= 0.6 is 11.8 Å². The highest BCUT2D eigenvalue weighted by Gasteiger charge is 2.10. The molecule has 1 heterocycles. The van der Waals surface area contributed by atoms with Crippen molar-refractivity contribution >= 4 is 22.5 Å². The molecule has 4 nitrogen and oxygen atoms in total. The van der Waals surface area contributed by atoms with E-state index in [0.29, 0.717) is 11.8 Å². The quantitative estimate of drug-likeness (QED) is 0.692. The summed E-state index contributed by atoms with van der Waals surface area (Å²) in [6.45, 7) is -0.0396. The van der Waals surface area contributed by atoms with Gasteiger partial charge in [0.25, 0.3) is 5.56 Å². The summed E-state index contributed by atoms with van der Waals surface area (Å²) in [6.07, 6.45) is 2.67. The van der Waals surface area contributed by atoms with Crippen LogP contribution in [0.15, 0.2) is 58.2 Å². The first-order valence-electron chi connectivity index (χ1n) is 7.21. The Kier molecular flexibility index (Phi) is 4.45. The van der Waals surface area contributed by atoms with Crippen LogP contribution in [0, 0.1) is 11.3 Å². The average molecular weight is 321 g/mol. The maximum atomic E-state index is 12.4. The number of hydrogen-bond donors (Lipinski definition) is 0. The van der Waals surface area contributed by atoms with Gasteiger partial charge >= 0.3 is 0 Å². The van der Waals surface area contributed by atoms with Crippen molar-refractivity contribution in [3.05, 3.63) is 70.1 Å². The Balaban J connectivity index is 2.10. The molecule has 0 unspecified atom stereocenters. The molecule has 0 atom stereocenters. The van der Waals surface area contributed by atoms with E-state index >= 15 is 0 Å². The highest BCUT2D eigenvalue weighted by atomic mass is 32.2. The maximum Gasteiger partial charge on any atom is 0.275 e. The summed E-state index contributed by atoms with van der Waals surface area (Å²) in [5.41, 5.74) is 1.72. The van der Waals surface area contributed by atoms with Crippen molar-refractivity contribution in [3.63, 3.8) is 0 Å². The van der Waals surface area contributed by atoms with E-state index in [2.05, 4.69) is 29.4 Å². The number of nitriles is 1. The summed E-state index contributed by atoms with van der Waals surface area (Å²) in [7, 11) is 0. The van der Waals surface area contributed by atoms with Gasteiger partial charge in [0.05, 0.1) is 17.1 Å². The van der Waals surface area contributed by atoms with Crippen molar-refractivity contribution in [3.8, 4) is 6.07 Å². The Morgan fingerprint density at radius 3 is 2.48 bits per heavy atom. The number of hydrogen-bond acceptors (Lipinski definition) is 4. The number of nitrogens with zero attached hydrogens (tertiary/aromatic N) is 3. The van der Waals surface area contributed by atoms with Crippen LogP contribution in [0.2, 0.25) is 0 Å². The van der Waals surface area contributed by atoms with Crippen LogP contribution in [0.25, 0.3) is 10.8 Å². The molecule has 23 heavy (non-hydrogen) atoms. The van der Waals surface area contributed by atoms with Crippen LogP contribution in [-0.2, 0) is 13.0 Å². The van der Waals surface area contributed by atoms with E-state index in [-0.39, 0.29) is 12.1 Å². The Hall–Kier alpha value is -2.58. The third kappa shape index (κ3) is 3.13. The van der Waals surface area contributed by atoms with E-state index in [9.17, 15) is 4.79 Å². The molecule has 0 bridgehead atoms. The number of aromatic nitrogens is 2. The second kappa shape index (κ2) is 6.67. The molecule has 2 aromatic carbocycles. The Morgan fingerprint density at radius 1 is 1.13 bits per heavy atom. The fraction of sp³-hybridized carbons (Fsp3) is 0.167. The second-order valence-electron chi connectivity index (χ2n) is 5.14. The van der Waals surface area contributed by atoms with E-state index in [1.54, 1.807) is 17.8 Å². The fourth-order valence-corrected chi connectivity index (χ4v) is 2.95. The minimum absolute atomic E-state index is 0.0396. The highest BCUT2D eigenvalue weighted by molar-refractivity contribution is 7.98. The minimum atomic E-state index is -0.219. The first kappa shape index (κ1) is 15.3. The van der Waals surface area contributed by atoms with Gasteiger partial charge in [0.15, 0.2) is 0 Å². The fourth-order valence-electron chi connectivity index (χ4n) is 2.55. The molecule has 3 aromatic rings. The first-order valence-corrected chi connectivity index (χ1v) is 8.44. The summed E-state index contributed by atoms with van der Waals surface area (Å²) < 4.78 is 1.24. The van der Waals surface area contributed by atoms with Gasteiger partial charge in [0.1, 0.15) is 6.54 Å². The molecule has 0 aliphatic carbocycles. The summed E-state index contributed by atoms with van der Waals surface area (Å²) in [4.78, 5) is 13.6.